The summed E-state index contributed by atoms with van der Waals surface area (Å²) in [5, 5.41) is 5.75. The van der Waals surface area contributed by atoms with Crippen LogP contribution in [0.3, 0.4) is 0 Å². The third-order valence-corrected chi connectivity index (χ3v) is 4.97. The van der Waals surface area contributed by atoms with Crippen LogP contribution in [0.15, 0.2) is 35.7 Å². The van der Waals surface area contributed by atoms with Gasteiger partial charge in [0.15, 0.2) is 0 Å². The molecule has 1 N–H and O–H groups in total. The fourth-order valence-electron chi connectivity index (χ4n) is 2.94. The second kappa shape index (κ2) is 7.10. The quantitative estimate of drug-likeness (QED) is 0.820. The van der Waals surface area contributed by atoms with Gasteiger partial charge >= 0.3 is 0 Å². The summed E-state index contributed by atoms with van der Waals surface area (Å²) in [6, 6.07) is 11.4. The number of ether oxygens (including phenoxy) is 1. The zero-order valence-electron chi connectivity index (χ0n) is 12.6. The highest BCUT2D eigenvalue weighted by molar-refractivity contribution is 7.09. The van der Waals surface area contributed by atoms with Crippen LogP contribution in [0.25, 0.3) is 0 Å². The van der Waals surface area contributed by atoms with Crippen molar-refractivity contribution in [3.63, 3.8) is 0 Å². The first-order chi connectivity index (χ1) is 10.4. The fraction of sp³-hybridized carbons (Fsp3) is 0.444. The first-order valence-corrected chi connectivity index (χ1v) is 8.76. The van der Waals surface area contributed by atoms with Crippen LogP contribution < -0.4 is 10.1 Å². The third-order valence-electron chi connectivity index (χ3n) is 4.03. The lowest BCUT2D eigenvalue weighted by Crippen LogP contribution is -2.19. The summed E-state index contributed by atoms with van der Waals surface area (Å²) >= 11 is 1.80. The van der Waals surface area contributed by atoms with Gasteiger partial charge in [-0.15, -0.1) is 11.3 Å². The van der Waals surface area contributed by atoms with Gasteiger partial charge in [0.25, 0.3) is 0 Å². The molecule has 2 aromatic rings. The lowest BCUT2D eigenvalue weighted by Gasteiger charge is -2.14. The van der Waals surface area contributed by atoms with Gasteiger partial charge in [-0.25, -0.2) is 0 Å². The van der Waals surface area contributed by atoms with E-state index in [1.807, 2.05) is 0 Å². The zero-order valence-corrected chi connectivity index (χ0v) is 13.4. The summed E-state index contributed by atoms with van der Waals surface area (Å²) < 4.78 is 5.91. The van der Waals surface area contributed by atoms with Gasteiger partial charge in [-0.2, -0.15) is 0 Å². The molecule has 3 rings (SSSR count). The Labute approximate surface area is 131 Å². The Morgan fingerprint density at radius 3 is 3.10 bits per heavy atom. The molecule has 1 aliphatic rings. The average molecular weight is 301 g/mol. The highest BCUT2D eigenvalue weighted by Crippen LogP contribution is 2.33. The predicted molar refractivity (Wildman–Crippen MR) is 89.3 cm³/mol. The molecular weight excluding hydrogens is 278 g/mol. The molecule has 2 nitrogen and oxygen atoms in total. The Bertz CT molecular complexity index is 565. The molecule has 1 aliphatic carbocycles. The van der Waals surface area contributed by atoms with Crippen LogP contribution in [0.1, 0.15) is 41.8 Å². The molecule has 1 aromatic carbocycles. The zero-order chi connectivity index (χ0) is 14.5. The lowest BCUT2D eigenvalue weighted by atomic mass is 10.1. The van der Waals surface area contributed by atoms with Gasteiger partial charge in [0.2, 0.25) is 0 Å². The molecule has 0 bridgehead atoms. The van der Waals surface area contributed by atoms with Gasteiger partial charge in [-0.05, 0) is 60.5 Å². The second-order valence-corrected chi connectivity index (χ2v) is 6.62. The monoisotopic (exact) mass is 301 g/mol. The molecular formula is C18H23NOS. The van der Waals surface area contributed by atoms with Crippen LogP contribution in [0, 0.1) is 0 Å². The van der Waals surface area contributed by atoms with E-state index >= 15 is 0 Å². The Hall–Kier alpha value is -1.32. The molecule has 0 amide bonds. The van der Waals surface area contributed by atoms with E-state index in [4.69, 9.17) is 4.74 Å². The molecule has 21 heavy (non-hydrogen) atoms. The van der Waals surface area contributed by atoms with Crippen molar-refractivity contribution < 1.29 is 4.74 Å². The van der Waals surface area contributed by atoms with Gasteiger partial charge in [0.05, 0.1) is 6.61 Å². The minimum Gasteiger partial charge on any atom is -0.493 e. The van der Waals surface area contributed by atoms with Gasteiger partial charge in [0.1, 0.15) is 5.75 Å². The van der Waals surface area contributed by atoms with E-state index in [1.165, 1.54) is 35.3 Å². The minimum atomic E-state index is 0.542. The molecule has 0 aliphatic heterocycles. The Balaban J connectivity index is 1.56. The number of fused-ring (bicyclic) bond motifs is 1. The van der Waals surface area contributed by atoms with Crippen molar-refractivity contribution in [2.24, 2.45) is 0 Å². The van der Waals surface area contributed by atoms with E-state index in [0.29, 0.717) is 6.04 Å². The Morgan fingerprint density at radius 1 is 1.33 bits per heavy atom. The first-order valence-electron chi connectivity index (χ1n) is 7.88. The van der Waals surface area contributed by atoms with Crippen LogP contribution >= 0.6 is 11.3 Å². The van der Waals surface area contributed by atoms with E-state index in [0.717, 1.165) is 25.3 Å². The van der Waals surface area contributed by atoms with Gasteiger partial charge in [0, 0.05) is 17.3 Å². The smallest absolute Gasteiger partial charge is 0.119 e. The Morgan fingerprint density at radius 2 is 2.29 bits per heavy atom. The lowest BCUT2D eigenvalue weighted by molar-refractivity contribution is 0.322. The molecule has 3 heteroatoms. The molecule has 0 fully saturated rings. The van der Waals surface area contributed by atoms with Gasteiger partial charge in [-0.1, -0.05) is 19.1 Å². The van der Waals surface area contributed by atoms with Gasteiger partial charge in [-0.3, -0.25) is 0 Å². The van der Waals surface area contributed by atoms with E-state index in [9.17, 15) is 0 Å². The molecule has 1 unspecified atom stereocenters. The Kier molecular flexibility index (Phi) is 4.94. The van der Waals surface area contributed by atoms with E-state index in [2.05, 4.69) is 48.0 Å². The molecule has 0 radical (unpaired) electrons. The normalized spacial score (nSPS) is 16.9. The first kappa shape index (κ1) is 14.6. The highest BCUT2D eigenvalue weighted by atomic mass is 32.1. The van der Waals surface area contributed by atoms with Crippen LogP contribution in [0.5, 0.6) is 5.75 Å². The second-order valence-electron chi connectivity index (χ2n) is 5.58. The average Bonchev–Trinajstić information content (AvgIpc) is 3.14. The van der Waals surface area contributed by atoms with Gasteiger partial charge < -0.3 is 10.1 Å². The summed E-state index contributed by atoms with van der Waals surface area (Å²) in [5.74, 6) is 1.02. The number of hydrogen-bond donors (Lipinski definition) is 1. The standard InChI is InChI=1S/C18H23NOS/c1-2-10-19-18-8-5-14-13-15(6-7-17(14)18)20-11-9-16-4-3-12-21-16/h3-4,6-7,12-13,18-19H,2,5,8-11H2,1H3. The predicted octanol–water partition coefficient (Wildman–Crippen LogP) is 4.36. The number of aryl methyl sites for hydroxylation is 1. The van der Waals surface area contributed by atoms with Crippen LogP contribution in [0.2, 0.25) is 0 Å². The van der Waals surface area contributed by atoms with Crippen LogP contribution in [-0.2, 0) is 12.8 Å². The summed E-state index contributed by atoms with van der Waals surface area (Å²) in [7, 11) is 0. The summed E-state index contributed by atoms with van der Waals surface area (Å²) in [4.78, 5) is 1.39. The van der Waals surface area contributed by atoms with Crippen LogP contribution in [-0.4, -0.2) is 13.2 Å². The van der Waals surface area contributed by atoms with Crippen molar-refractivity contribution in [2.45, 2.75) is 38.6 Å². The molecule has 0 saturated carbocycles. The number of rotatable bonds is 7. The molecule has 0 saturated heterocycles. The van der Waals surface area contributed by atoms with E-state index < -0.39 is 0 Å². The van der Waals surface area contributed by atoms with Crippen molar-refractivity contribution >= 4 is 11.3 Å². The molecule has 1 aromatic heterocycles. The minimum absolute atomic E-state index is 0.542. The summed E-state index contributed by atoms with van der Waals surface area (Å²) in [6.45, 7) is 4.08. The third kappa shape index (κ3) is 3.66. The number of benzene rings is 1. The number of nitrogens with one attached hydrogen (secondary N) is 1. The van der Waals surface area contributed by atoms with E-state index in [-0.39, 0.29) is 0 Å². The van der Waals surface area contributed by atoms with E-state index in [1.54, 1.807) is 11.3 Å². The molecule has 112 valence electrons. The molecule has 1 heterocycles. The SMILES string of the molecule is CCCNC1CCc2cc(OCCc3cccs3)ccc21. The molecule has 0 spiro atoms. The number of thiophene rings is 1. The van der Waals surface area contributed by atoms with Crippen molar-refractivity contribution in [1.29, 1.82) is 0 Å². The molecule has 1 atom stereocenters. The van der Waals surface area contributed by atoms with Crippen molar-refractivity contribution in [2.75, 3.05) is 13.2 Å². The summed E-state index contributed by atoms with van der Waals surface area (Å²) in [5.41, 5.74) is 2.92. The van der Waals surface area contributed by atoms with Crippen molar-refractivity contribution in [3.8, 4) is 5.75 Å². The maximum absolute atomic E-state index is 5.91. The topological polar surface area (TPSA) is 21.3 Å². The van der Waals surface area contributed by atoms with Crippen molar-refractivity contribution in [1.82, 2.24) is 5.32 Å². The maximum atomic E-state index is 5.91. The summed E-state index contributed by atoms with van der Waals surface area (Å²) in [6.07, 6.45) is 4.57. The van der Waals surface area contributed by atoms with Crippen LogP contribution in [0.4, 0.5) is 0 Å². The number of hydrogen-bond acceptors (Lipinski definition) is 3. The fourth-order valence-corrected chi connectivity index (χ4v) is 3.63. The largest absolute Gasteiger partial charge is 0.493 e. The van der Waals surface area contributed by atoms with Crippen molar-refractivity contribution in [3.05, 3.63) is 51.7 Å². The maximum Gasteiger partial charge on any atom is 0.119 e. The highest BCUT2D eigenvalue weighted by Gasteiger charge is 2.21.